The predicted molar refractivity (Wildman–Crippen MR) is 46.9 cm³/mol. The van der Waals surface area contributed by atoms with Crippen molar-refractivity contribution in [1.29, 1.82) is 0 Å². The first-order valence-electron chi connectivity index (χ1n) is 4.97. The average molecular weight is 211 g/mol. The van der Waals surface area contributed by atoms with Gasteiger partial charge in [-0.15, -0.1) is 0 Å². The maximum Gasteiger partial charge on any atom is 0.389 e. The van der Waals surface area contributed by atoms with Gasteiger partial charge in [-0.1, -0.05) is 0 Å². The summed E-state index contributed by atoms with van der Waals surface area (Å²) in [6.07, 6.45) is -2.51. The van der Waals surface area contributed by atoms with Crippen LogP contribution in [0.5, 0.6) is 0 Å². The van der Waals surface area contributed by atoms with Gasteiger partial charge >= 0.3 is 6.18 Å². The van der Waals surface area contributed by atoms with Crippen molar-refractivity contribution in [2.45, 2.75) is 50.4 Å². The summed E-state index contributed by atoms with van der Waals surface area (Å²) >= 11 is 0. The Morgan fingerprint density at radius 2 is 2.00 bits per heavy atom. The zero-order valence-electron chi connectivity index (χ0n) is 7.98. The monoisotopic (exact) mass is 211 g/mol. The molecule has 2 atom stereocenters. The molecule has 0 bridgehead atoms. The Morgan fingerprint density at radius 3 is 2.50 bits per heavy atom. The van der Waals surface area contributed by atoms with Crippen molar-refractivity contribution in [3.05, 3.63) is 0 Å². The first-order valence-corrected chi connectivity index (χ1v) is 4.97. The van der Waals surface area contributed by atoms with Gasteiger partial charge < -0.3 is 10.4 Å². The Labute approximate surface area is 81.5 Å². The predicted octanol–water partition coefficient (Wildman–Crippen LogP) is 1.83. The second-order valence-electron chi connectivity index (χ2n) is 3.78. The lowest BCUT2D eigenvalue weighted by atomic mass is 10.2. The van der Waals surface area contributed by atoms with E-state index in [1.807, 2.05) is 0 Å². The van der Waals surface area contributed by atoms with E-state index in [1.54, 1.807) is 0 Å². The van der Waals surface area contributed by atoms with E-state index < -0.39 is 12.6 Å². The van der Waals surface area contributed by atoms with Crippen LogP contribution in [0.4, 0.5) is 13.2 Å². The lowest BCUT2D eigenvalue weighted by Gasteiger charge is -2.16. The van der Waals surface area contributed by atoms with Crippen LogP contribution in [0.3, 0.4) is 0 Å². The SMILES string of the molecule is O[C@@H]1CCC[C@H]1NCCCC(F)(F)F. The van der Waals surface area contributed by atoms with Crippen LogP contribution in [0, 0.1) is 0 Å². The van der Waals surface area contributed by atoms with E-state index in [0.717, 1.165) is 19.3 Å². The first kappa shape index (κ1) is 11.8. The molecule has 0 radical (unpaired) electrons. The van der Waals surface area contributed by atoms with Gasteiger partial charge in [-0.05, 0) is 32.2 Å². The highest BCUT2D eigenvalue weighted by molar-refractivity contribution is 4.82. The van der Waals surface area contributed by atoms with E-state index in [1.165, 1.54) is 0 Å². The molecule has 0 aromatic heterocycles. The molecule has 84 valence electrons. The van der Waals surface area contributed by atoms with E-state index >= 15 is 0 Å². The molecule has 0 heterocycles. The molecule has 1 fully saturated rings. The highest BCUT2D eigenvalue weighted by Crippen LogP contribution is 2.22. The van der Waals surface area contributed by atoms with Gasteiger partial charge in [0.25, 0.3) is 0 Å². The minimum absolute atomic E-state index is 0.00299. The molecule has 14 heavy (non-hydrogen) atoms. The number of hydrogen-bond acceptors (Lipinski definition) is 2. The van der Waals surface area contributed by atoms with Gasteiger partial charge in [0.2, 0.25) is 0 Å². The van der Waals surface area contributed by atoms with Crippen LogP contribution >= 0.6 is 0 Å². The summed E-state index contributed by atoms with van der Waals surface area (Å²) in [4.78, 5) is 0. The maximum absolute atomic E-state index is 11.8. The van der Waals surface area contributed by atoms with Gasteiger partial charge in [0.05, 0.1) is 6.10 Å². The normalized spacial score (nSPS) is 28.3. The number of aliphatic hydroxyl groups is 1. The Hall–Kier alpha value is -0.290. The Kier molecular flexibility index (Phi) is 4.19. The fourth-order valence-electron chi connectivity index (χ4n) is 1.75. The van der Waals surface area contributed by atoms with Gasteiger partial charge in [0, 0.05) is 12.5 Å². The third kappa shape index (κ3) is 4.28. The second kappa shape index (κ2) is 4.98. The second-order valence-corrected chi connectivity index (χ2v) is 3.78. The fourth-order valence-corrected chi connectivity index (χ4v) is 1.75. The van der Waals surface area contributed by atoms with Crippen LogP contribution in [-0.4, -0.2) is 30.0 Å². The summed E-state index contributed by atoms with van der Waals surface area (Å²) in [5.41, 5.74) is 0. The first-order chi connectivity index (χ1) is 6.49. The Bertz CT molecular complexity index is 172. The molecule has 0 amide bonds. The topological polar surface area (TPSA) is 32.3 Å². The number of hydrogen-bond donors (Lipinski definition) is 2. The minimum Gasteiger partial charge on any atom is -0.392 e. The van der Waals surface area contributed by atoms with E-state index in [-0.39, 0.29) is 18.6 Å². The quantitative estimate of drug-likeness (QED) is 0.695. The molecular weight excluding hydrogens is 195 g/mol. The van der Waals surface area contributed by atoms with Crippen molar-refractivity contribution < 1.29 is 18.3 Å². The molecule has 1 aliphatic carbocycles. The largest absolute Gasteiger partial charge is 0.392 e. The summed E-state index contributed by atoms with van der Waals surface area (Å²) < 4.78 is 35.3. The van der Waals surface area contributed by atoms with Crippen LogP contribution in [-0.2, 0) is 0 Å². The summed E-state index contributed by atoms with van der Waals surface area (Å²) in [7, 11) is 0. The fraction of sp³-hybridized carbons (Fsp3) is 1.00. The van der Waals surface area contributed by atoms with Crippen molar-refractivity contribution in [3.63, 3.8) is 0 Å². The zero-order valence-corrected chi connectivity index (χ0v) is 7.98. The Balaban J connectivity index is 2.04. The van der Waals surface area contributed by atoms with Crippen LogP contribution in [0.15, 0.2) is 0 Å². The van der Waals surface area contributed by atoms with Crippen molar-refractivity contribution in [3.8, 4) is 0 Å². The summed E-state index contributed by atoms with van der Waals surface area (Å²) in [6, 6.07) is 0.00299. The molecule has 2 N–H and O–H groups in total. The van der Waals surface area contributed by atoms with Gasteiger partial charge in [0.15, 0.2) is 0 Å². The maximum atomic E-state index is 11.8. The van der Waals surface area contributed by atoms with Crippen LogP contribution < -0.4 is 5.32 Å². The van der Waals surface area contributed by atoms with Gasteiger partial charge in [0.1, 0.15) is 0 Å². The van der Waals surface area contributed by atoms with Crippen molar-refractivity contribution in [2.24, 2.45) is 0 Å². The van der Waals surface area contributed by atoms with Crippen molar-refractivity contribution in [1.82, 2.24) is 5.32 Å². The smallest absolute Gasteiger partial charge is 0.389 e. The van der Waals surface area contributed by atoms with E-state index in [2.05, 4.69) is 5.32 Å². The molecule has 1 saturated carbocycles. The molecule has 0 aromatic rings. The third-order valence-corrected chi connectivity index (χ3v) is 2.52. The number of nitrogens with one attached hydrogen (secondary N) is 1. The molecule has 0 aromatic carbocycles. The number of rotatable bonds is 4. The van der Waals surface area contributed by atoms with Crippen LogP contribution in [0.1, 0.15) is 32.1 Å². The summed E-state index contributed by atoms with van der Waals surface area (Å²) in [5.74, 6) is 0. The number of alkyl halides is 3. The van der Waals surface area contributed by atoms with E-state index in [4.69, 9.17) is 0 Å². The average Bonchev–Trinajstić information content (AvgIpc) is 2.44. The molecule has 0 aliphatic heterocycles. The lowest BCUT2D eigenvalue weighted by Crippen LogP contribution is -2.36. The molecule has 5 heteroatoms. The van der Waals surface area contributed by atoms with Gasteiger partial charge in [-0.25, -0.2) is 0 Å². The lowest BCUT2D eigenvalue weighted by molar-refractivity contribution is -0.135. The zero-order chi connectivity index (χ0) is 10.6. The molecular formula is C9H16F3NO. The highest BCUT2D eigenvalue weighted by Gasteiger charge is 2.27. The van der Waals surface area contributed by atoms with Crippen molar-refractivity contribution in [2.75, 3.05) is 6.54 Å². The minimum atomic E-state index is -4.06. The van der Waals surface area contributed by atoms with Gasteiger partial charge in [-0.2, -0.15) is 13.2 Å². The van der Waals surface area contributed by atoms with Crippen molar-refractivity contribution >= 4 is 0 Å². The summed E-state index contributed by atoms with van der Waals surface area (Å²) in [6.45, 7) is 0.335. The van der Waals surface area contributed by atoms with E-state index in [9.17, 15) is 18.3 Å². The van der Waals surface area contributed by atoms with E-state index in [0.29, 0.717) is 6.54 Å². The molecule has 1 aliphatic rings. The standard InChI is InChI=1S/C9H16F3NO/c10-9(11,12)5-2-6-13-7-3-1-4-8(7)14/h7-8,13-14H,1-6H2/t7-,8-/m1/s1. The Morgan fingerprint density at radius 1 is 1.29 bits per heavy atom. The van der Waals surface area contributed by atoms with Gasteiger partial charge in [-0.3, -0.25) is 0 Å². The molecule has 2 nitrogen and oxygen atoms in total. The summed E-state index contributed by atoms with van der Waals surface area (Å²) in [5, 5.41) is 12.3. The number of halogens is 3. The molecule has 0 spiro atoms. The number of aliphatic hydroxyl groups excluding tert-OH is 1. The molecule has 0 unspecified atom stereocenters. The highest BCUT2D eigenvalue weighted by atomic mass is 19.4. The third-order valence-electron chi connectivity index (χ3n) is 2.52. The van der Waals surface area contributed by atoms with Crippen LogP contribution in [0.2, 0.25) is 0 Å². The van der Waals surface area contributed by atoms with Crippen LogP contribution in [0.25, 0.3) is 0 Å². The molecule has 0 saturated heterocycles. The molecule has 1 rings (SSSR count).